The van der Waals surface area contributed by atoms with Gasteiger partial charge in [-0.3, -0.25) is 4.90 Å². The van der Waals surface area contributed by atoms with Crippen molar-refractivity contribution in [1.29, 1.82) is 0 Å². The number of hydrogen-bond acceptors (Lipinski definition) is 4. The number of rotatable bonds is 5. The molecule has 5 nitrogen and oxygen atoms in total. The van der Waals surface area contributed by atoms with Gasteiger partial charge >= 0.3 is 6.03 Å². The number of carbonyl (C=O) groups is 1. The Kier molecular flexibility index (Phi) is 5.25. The number of hydrogen-bond donors (Lipinski definition) is 2. The maximum absolute atomic E-state index is 12.0. The summed E-state index contributed by atoms with van der Waals surface area (Å²) in [4.78, 5) is 18.7. The summed E-state index contributed by atoms with van der Waals surface area (Å²) in [7, 11) is 0. The monoisotopic (exact) mass is 330 g/mol. The predicted octanol–water partition coefficient (Wildman–Crippen LogP) is 2.53. The topological polar surface area (TPSA) is 57.3 Å². The lowest BCUT2D eigenvalue weighted by Gasteiger charge is -2.17. The SMILES string of the molecule is Cc1csc(CNC(=O)N[C@@H]2CCN(Cc3ccccc3)C2)n1. The Morgan fingerprint density at radius 2 is 2.22 bits per heavy atom. The van der Waals surface area contributed by atoms with Crippen LogP contribution in [0.1, 0.15) is 22.7 Å². The van der Waals surface area contributed by atoms with Crippen LogP contribution >= 0.6 is 11.3 Å². The van der Waals surface area contributed by atoms with Gasteiger partial charge in [-0.1, -0.05) is 30.3 Å². The maximum atomic E-state index is 12.0. The number of amides is 2. The first-order chi connectivity index (χ1) is 11.2. The van der Waals surface area contributed by atoms with Crippen LogP contribution in [-0.4, -0.2) is 35.0 Å². The van der Waals surface area contributed by atoms with Crippen molar-refractivity contribution in [2.75, 3.05) is 13.1 Å². The minimum absolute atomic E-state index is 0.107. The summed E-state index contributed by atoms with van der Waals surface area (Å²) in [6, 6.07) is 10.6. The van der Waals surface area contributed by atoms with Gasteiger partial charge in [-0.15, -0.1) is 11.3 Å². The summed E-state index contributed by atoms with van der Waals surface area (Å²) in [5, 5.41) is 8.87. The van der Waals surface area contributed by atoms with Gasteiger partial charge in [-0.05, 0) is 18.9 Å². The lowest BCUT2D eigenvalue weighted by Crippen LogP contribution is -2.43. The van der Waals surface area contributed by atoms with Crippen molar-refractivity contribution >= 4 is 17.4 Å². The molecule has 6 heteroatoms. The van der Waals surface area contributed by atoms with Crippen molar-refractivity contribution in [1.82, 2.24) is 20.5 Å². The molecular weight excluding hydrogens is 308 g/mol. The number of thiazole rings is 1. The van der Waals surface area contributed by atoms with Crippen LogP contribution in [0.4, 0.5) is 4.79 Å². The molecular formula is C17H22N4OS. The Labute approximate surface area is 140 Å². The third-order valence-corrected chi connectivity index (χ3v) is 4.89. The highest BCUT2D eigenvalue weighted by atomic mass is 32.1. The molecule has 0 bridgehead atoms. The Bertz CT molecular complexity index is 643. The second kappa shape index (κ2) is 7.57. The molecule has 122 valence electrons. The average Bonchev–Trinajstić information content (AvgIpc) is 3.15. The molecule has 1 aliphatic heterocycles. The van der Waals surface area contributed by atoms with Crippen molar-refractivity contribution in [2.45, 2.75) is 32.5 Å². The summed E-state index contributed by atoms with van der Waals surface area (Å²) in [5.41, 5.74) is 2.32. The number of aryl methyl sites for hydroxylation is 1. The van der Waals surface area contributed by atoms with Gasteiger partial charge in [0, 0.05) is 36.8 Å². The molecule has 1 atom stereocenters. The van der Waals surface area contributed by atoms with Crippen LogP contribution in [-0.2, 0) is 13.1 Å². The van der Waals surface area contributed by atoms with Gasteiger partial charge in [0.1, 0.15) is 5.01 Å². The van der Waals surface area contributed by atoms with Gasteiger partial charge in [0.15, 0.2) is 0 Å². The molecule has 2 aromatic rings. The smallest absolute Gasteiger partial charge is 0.315 e. The Morgan fingerprint density at radius 3 is 2.96 bits per heavy atom. The third-order valence-electron chi connectivity index (χ3n) is 3.92. The lowest BCUT2D eigenvalue weighted by atomic mass is 10.2. The van der Waals surface area contributed by atoms with Crippen LogP contribution in [0.3, 0.4) is 0 Å². The van der Waals surface area contributed by atoms with E-state index in [2.05, 4.69) is 44.8 Å². The van der Waals surface area contributed by atoms with Crippen molar-refractivity contribution in [3.63, 3.8) is 0 Å². The molecule has 3 rings (SSSR count). The lowest BCUT2D eigenvalue weighted by molar-refractivity contribution is 0.235. The van der Waals surface area contributed by atoms with Crippen LogP contribution in [0, 0.1) is 6.92 Å². The number of carbonyl (C=O) groups excluding carboxylic acids is 1. The van der Waals surface area contributed by atoms with E-state index in [1.165, 1.54) is 5.56 Å². The molecule has 1 aromatic heterocycles. The van der Waals surface area contributed by atoms with E-state index in [4.69, 9.17) is 0 Å². The zero-order valence-electron chi connectivity index (χ0n) is 13.3. The number of nitrogens with one attached hydrogen (secondary N) is 2. The number of likely N-dealkylation sites (tertiary alicyclic amines) is 1. The number of benzene rings is 1. The highest BCUT2D eigenvalue weighted by Gasteiger charge is 2.23. The first-order valence-electron chi connectivity index (χ1n) is 7.91. The molecule has 2 N–H and O–H groups in total. The first-order valence-corrected chi connectivity index (χ1v) is 8.78. The van der Waals surface area contributed by atoms with Gasteiger partial charge in [-0.2, -0.15) is 0 Å². The normalized spacial score (nSPS) is 18.0. The molecule has 1 aliphatic rings. The zero-order valence-corrected chi connectivity index (χ0v) is 14.1. The van der Waals surface area contributed by atoms with E-state index in [0.29, 0.717) is 6.54 Å². The van der Waals surface area contributed by atoms with Crippen LogP contribution in [0.2, 0.25) is 0 Å². The fourth-order valence-corrected chi connectivity index (χ4v) is 3.52. The minimum atomic E-state index is -0.107. The molecule has 0 unspecified atom stereocenters. The fourth-order valence-electron chi connectivity index (χ4n) is 2.81. The van der Waals surface area contributed by atoms with Gasteiger partial charge in [-0.25, -0.2) is 9.78 Å². The largest absolute Gasteiger partial charge is 0.334 e. The summed E-state index contributed by atoms with van der Waals surface area (Å²) < 4.78 is 0. The zero-order chi connectivity index (χ0) is 16.1. The molecule has 0 saturated carbocycles. The van der Waals surface area contributed by atoms with E-state index in [-0.39, 0.29) is 12.1 Å². The van der Waals surface area contributed by atoms with E-state index < -0.39 is 0 Å². The molecule has 1 fully saturated rings. The molecule has 2 amide bonds. The minimum Gasteiger partial charge on any atom is -0.334 e. The highest BCUT2D eigenvalue weighted by Crippen LogP contribution is 2.13. The van der Waals surface area contributed by atoms with Crippen molar-refractivity contribution in [3.05, 3.63) is 52.0 Å². The number of urea groups is 1. The van der Waals surface area contributed by atoms with Gasteiger partial charge in [0.25, 0.3) is 0 Å². The van der Waals surface area contributed by atoms with Crippen molar-refractivity contribution in [3.8, 4) is 0 Å². The Hall–Kier alpha value is -1.92. The van der Waals surface area contributed by atoms with Gasteiger partial charge < -0.3 is 10.6 Å². The predicted molar refractivity (Wildman–Crippen MR) is 92.3 cm³/mol. The van der Waals surface area contributed by atoms with E-state index in [1.54, 1.807) is 11.3 Å². The first kappa shape index (κ1) is 16.0. The van der Waals surface area contributed by atoms with Gasteiger partial charge in [0.05, 0.1) is 6.54 Å². The van der Waals surface area contributed by atoms with E-state index in [9.17, 15) is 4.79 Å². The van der Waals surface area contributed by atoms with Crippen LogP contribution in [0.5, 0.6) is 0 Å². The molecule has 1 aromatic carbocycles. The second-order valence-electron chi connectivity index (χ2n) is 5.92. The third kappa shape index (κ3) is 4.77. The van der Waals surface area contributed by atoms with Crippen molar-refractivity contribution in [2.24, 2.45) is 0 Å². The highest BCUT2D eigenvalue weighted by molar-refractivity contribution is 7.09. The summed E-state index contributed by atoms with van der Waals surface area (Å²) >= 11 is 1.57. The van der Waals surface area contributed by atoms with E-state index >= 15 is 0 Å². The molecule has 23 heavy (non-hydrogen) atoms. The molecule has 2 heterocycles. The number of aromatic nitrogens is 1. The quantitative estimate of drug-likeness (QED) is 0.886. The van der Waals surface area contributed by atoms with E-state index in [1.807, 2.05) is 18.4 Å². The average molecular weight is 330 g/mol. The fraction of sp³-hybridized carbons (Fsp3) is 0.412. The van der Waals surface area contributed by atoms with Crippen LogP contribution < -0.4 is 10.6 Å². The van der Waals surface area contributed by atoms with Crippen molar-refractivity contribution < 1.29 is 4.79 Å². The van der Waals surface area contributed by atoms with Crippen LogP contribution in [0.15, 0.2) is 35.7 Å². The summed E-state index contributed by atoms with van der Waals surface area (Å²) in [6.45, 7) is 5.31. The molecule has 0 radical (unpaired) electrons. The Morgan fingerprint density at radius 1 is 1.39 bits per heavy atom. The van der Waals surface area contributed by atoms with E-state index in [0.717, 1.165) is 36.8 Å². The standard InChI is InChI=1S/C17H22N4OS/c1-13-12-23-16(19-13)9-18-17(22)20-15-7-8-21(11-15)10-14-5-3-2-4-6-14/h2-6,12,15H,7-11H2,1H3,(H2,18,20,22)/t15-/m1/s1. The Balaban J connectivity index is 1.40. The molecule has 0 spiro atoms. The maximum Gasteiger partial charge on any atom is 0.315 e. The van der Waals surface area contributed by atoms with Gasteiger partial charge in [0.2, 0.25) is 0 Å². The number of nitrogens with zero attached hydrogens (tertiary/aromatic N) is 2. The molecule has 1 saturated heterocycles. The second-order valence-corrected chi connectivity index (χ2v) is 6.86. The summed E-state index contributed by atoms with van der Waals surface area (Å²) in [5.74, 6) is 0. The molecule has 0 aliphatic carbocycles. The summed E-state index contributed by atoms with van der Waals surface area (Å²) in [6.07, 6.45) is 0.997. The van der Waals surface area contributed by atoms with Crippen LogP contribution in [0.25, 0.3) is 0 Å².